The van der Waals surface area contributed by atoms with Crippen molar-refractivity contribution >= 4 is 96.0 Å². The number of thiophene rings is 2. The summed E-state index contributed by atoms with van der Waals surface area (Å²) in [5.41, 5.74) is 7.00. The molecule has 0 saturated heterocycles. The molecule has 10 rings (SSSR count). The fourth-order valence-electron chi connectivity index (χ4n) is 6.84. The van der Waals surface area contributed by atoms with E-state index in [1.54, 1.807) is 11.3 Å². The standard InChI is InChI=1S/C38H21NOS2/c1-4-16-31-23(9-1)24-10-2-5-17-32(24)39(31)22-19-20-34-30(21-22)27-14-8-13-26(37(27)41-34)25-12-7-15-29-35-28-11-3-6-18-33(28)42-38(35)40-36(25)29/h1-21H. The number of benzene rings is 6. The number of fused-ring (bicyclic) bond motifs is 11. The van der Waals surface area contributed by atoms with Crippen LogP contribution in [0.3, 0.4) is 0 Å². The van der Waals surface area contributed by atoms with Crippen molar-refractivity contribution in [3.05, 3.63) is 127 Å². The normalized spacial score (nSPS) is 12.3. The lowest BCUT2D eigenvalue weighted by atomic mass is 10.00. The number of hydrogen-bond donors (Lipinski definition) is 0. The number of furan rings is 1. The summed E-state index contributed by atoms with van der Waals surface area (Å²) in [6, 6.07) is 46.2. The second-order valence-corrected chi connectivity index (χ2v) is 12.9. The van der Waals surface area contributed by atoms with Gasteiger partial charge in [-0.2, -0.15) is 0 Å². The van der Waals surface area contributed by atoms with E-state index in [-0.39, 0.29) is 0 Å². The molecule has 6 aromatic carbocycles. The highest BCUT2D eigenvalue weighted by Crippen LogP contribution is 2.46. The molecular weight excluding hydrogens is 551 g/mol. The molecule has 0 radical (unpaired) electrons. The lowest BCUT2D eigenvalue weighted by Gasteiger charge is -2.08. The largest absolute Gasteiger partial charge is 0.445 e. The van der Waals surface area contributed by atoms with Gasteiger partial charge in [0.25, 0.3) is 0 Å². The molecule has 0 aliphatic rings. The number of nitrogens with zero attached hydrogens (tertiary/aromatic N) is 1. The van der Waals surface area contributed by atoms with Crippen LogP contribution in [-0.4, -0.2) is 4.57 Å². The number of rotatable bonds is 2. The van der Waals surface area contributed by atoms with E-state index < -0.39 is 0 Å². The van der Waals surface area contributed by atoms with E-state index in [1.807, 2.05) is 11.3 Å². The van der Waals surface area contributed by atoms with Crippen molar-refractivity contribution in [1.82, 2.24) is 4.57 Å². The van der Waals surface area contributed by atoms with Crippen molar-refractivity contribution < 1.29 is 4.42 Å². The Balaban J connectivity index is 1.22. The summed E-state index contributed by atoms with van der Waals surface area (Å²) in [6.45, 7) is 0. The van der Waals surface area contributed by atoms with Gasteiger partial charge in [0.15, 0.2) is 4.90 Å². The minimum Gasteiger partial charge on any atom is -0.445 e. The first kappa shape index (κ1) is 22.8. The molecule has 4 aromatic heterocycles. The molecule has 0 atom stereocenters. The van der Waals surface area contributed by atoms with Gasteiger partial charge in [-0.15, -0.1) is 11.3 Å². The molecule has 4 heteroatoms. The number of para-hydroxylation sites is 3. The topological polar surface area (TPSA) is 18.1 Å². The third-order valence-electron chi connectivity index (χ3n) is 8.65. The molecule has 0 N–H and O–H groups in total. The van der Waals surface area contributed by atoms with Crippen LogP contribution in [0.4, 0.5) is 0 Å². The average Bonchev–Trinajstić information content (AvgIpc) is 3.78. The van der Waals surface area contributed by atoms with Crippen LogP contribution in [0.1, 0.15) is 0 Å². The van der Waals surface area contributed by atoms with Gasteiger partial charge >= 0.3 is 0 Å². The summed E-state index contributed by atoms with van der Waals surface area (Å²) in [5.74, 6) is 0. The van der Waals surface area contributed by atoms with E-state index in [2.05, 4.69) is 132 Å². The lowest BCUT2D eigenvalue weighted by Crippen LogP contribution is -1.93. The van der Waals surface area contributed by atoms with E-state index in [0.29, 0.717) is 0 Å². The fraction of sp³-hybridized carbons (Fsp3) is 0. The third-order valence-corrected chi connectivity index (χ3v) is 10.9. The molecule has 0 saturated carbocycles. The van der Waals surface area contributed by atoms with Gasteiger partial charge in [-0.25, -0.2) is 0 Å². The molecule has 0 fully saturated rings. The predicted molar refractivity (Wildman–Crippen MR) is 182 cm³/mol. The van der Waals surface area contributed by atoms with Crippen LogP contribution >= 0.6 is 22.7 Å². The summed E-state index contributed by atoms with van der Waals surface area (Å²) in [5, 5.41) is 8.82. The first-order chi connectivity index (χ1) is 20.8. The van der Waals surface area contributed by atoms with Gasteiger partial charge < -0.3 is 8.98 Å². The van der Waals surface area contributed by atoms with Crippen molar-refractivity contribution in [2.75, 3.05) is 0 Å². The maximum atomic E-state index is 6.62. The molecule has 0 spiro atoms. The molecule has 0 amide bonds. The maximum Gasteiger partial charge on any atom is 0.190 e. The van der Waals surface area contributed by atoms with E-state index in [4.69, 9.17) is 4.42 Å². The lowest BCUT2D eigenvalue weighted by molar-refractivity contribution is 0.679. The molecule has 4 heterocycles. The zero-order chi connectivity index (χ0) is 27.4. The Kier molecular flexibility index (Phi) is 4.51. The first-order valence-electron chi connectivity index (χ1n) is 14.1. The number of hydrogen-bond acceptors (Lipinski definition) is 3. The zero-order valence-electron chi connectivity index (χ0n) is 22.3. The monoisotopic (exact) mass is 571 g/mol. The van der Waals surface area contributed by atoms with Gasteiger partial charge in [0, 0.05) is 68.6 Å². The van der Waals surface area contributed by atoms with Gasteiger partial charge in [-0.05, 0) is 36.4 Å². The summed E-state index contributed by atoms with van der Waals surface area (Å²) < 4.78 is 12.9. The highest BCUT2D eigenvalue weighted by molar-refractivity contribution is 7.26. The van der Waals surface area contributed by atoms with Crippen LogP contribution in [0, 0.1) is 0 Å². The average molecular weight is 572 g/mol. The van der Waals surface area contributed by atoms with Crippen molar-refractivity contribution in [3.8, 4) is 16.8 Å². The van der Waals surface area contributed by atoms with Crippen LogP contribution in [0.2, 0.25) is 0 Å². The fourth-order valence-corrected chi connectivity index (χ4v) is 9.12. The number of aromatic nitrogens is 1. The minimum absolute atomic E-state index is 0.973. The van der Waals surface area contributed by atoms with Gasteiger partial charge in [0.05, 0.1) is 11.0 Å². The van der Waals surface area contributed by atoms with Crippen molar-refractivity contribution in [2.24, 2.45) is 0 Å². The summed E-state index contributed by atoms with van der Waals surface area (Å²) in [7, 11) is 0. The molecule has 0 aliphatic heterocycles. The van der Waals surface area contributed by atoms with Crippen LogP contribution in [0.25, 0.3) is 90.1 Å². The molecule has 0 bridgehead atoms. The van der Waals surface area contributed by atoms with E-state index >= 15 is 0 Å². The second kappa shape index (κ2) is 8.32. The Morgan fingerprint density at radius 3 is 1.93 bits per heavy atom. The first-order valence-corrected chi connectivity index (χ1v) is 15.7. The highest BCUT2D eigenvalue weighted by atomic mass is 32.1. The maximum absolute atomic E-state index is 6.62. The SMILES string of the molecule is c1ccc2c(c1)sc1oc3c(-c4cccc5c4sc4ccc(-n6c7ccccc7c7ccccc76)cc45)cccc3c12. The van der Waals surface area contributed by atoms with E-state index in [9.17, 15) is 0 Å². The smallest absolute Gasteiger partial charge is 0.190 e. The Morgan fingerprint density at radius 1 is 0.476 bits per heavy atom. The van der Waals surface area contributed by atoms with E-state index in [0.717, 1.165) is 16.0 Å². The second-order valence-electron chi connectivity index (χ2n) is 10.9. The Hall–Kier alpha value is -4.90. The molecular formula is C38H21NOS2. The molecule has 10 aromatic rings. The summed E-state index contributed by atoms with van der Waals surface area (Å²) in [6.07, 6.45) is 0. The molecule has 42 heavy (non-hydrogen) atoms. The minimum atomic E-state index is 0.973. The highest BCUT2D eigenvalue weighted by Gasteiger charge is 2.19. The molecule has 0 unspecified atom stereocenters. The van der Waals surface area contributed by atoms with Gasteiger partial charge in [0.2, 0.25) is 0 Å². The molecule has 196 valence electrons. The van der Waals surface area contributed by atoms with Crippen molar-refractivity contribution in [3.63, 3.8) is 0 Å². The Morgan fingerprint density at radius 2 is 1.12 bits per heavy atom. The van der Waals surface area contributed by atoms with E-state index in [1.165, 1.54) is 74.1 Å². The van der Waals surface area contributed by atoms with Crippen LogP contribution in [-0.2, 0) is 0 Å². The van der Waals surface area contributed by atoms with Crippen LogP contribution in [0.5, 0.6) is 0 Å². The Bertz CT molecular complexity index is 2640. The van der Waals surface area contributed by atoms with Gasteiger partial charge in [0.1, 0.15) is 5.58 Å². The predicted octanol–water partition coefficient (Wildman–Crippen LogP) is 11.9. The quantitative estimate of drug-likeness (QED) is 0.202. The van der Waals surface area contributed by atoms with Crippen LogP contribution < -0.4 is 0 Å². The molecule has 0 aliphatic carbocycles. The van der Waals surface area contributed by atoms with Crippen molar-refractivity contribution in [2.45, 2.75) is 0 Å². The molecule has 2 nitrogen and oxygen atoms in total. The summed E-state index contributed by atoms with van der Waals surface area (Å²) >= 11 is 3.60. The van der Waals surface area contributed by atoms with Crippen LogP contribution in [0.15, 0.2) is 132 Å². The van der Waals surface area contributed by atoms with Gasteiger partial charge in [-0.3, -0.25) is 0 Å². The summed E-state index contributed by atoms with van der Waals surface area (Å²) in [4.78, 5) is 0.998. The van der Waals surface area contributed by atoms with Crippen molar-refractivity contribution in [1.29, 1.82) is 0 Å². The zero-order valence-corrected chi connectivity index (χ0v) is 23.9. The third kappa shape index (κ3) is 2.98. The Labute approximate surface area is 248 Å². The van der Waals surface area contributed by atoms with Gasteiger partial charge in [-0.1, -0.05) is 102 Å².